The van der Waals surface area contributed by atoms with E-state index in [2.05, 4.69) is 4.98 Å². The Morgan fingerprint density at radius 2 is 2.08 bits per heavy atom. The van der Waals surface area contributed by atoms with Crippen LogP contribution in [0.15, 0.2) is 48.7 Å². The molecule has 0 aliphatic rings. The highest BCUT2D eigenvalue weighted by Crippen LogP contribution is 2.32. The molecule has 5 heteroatoms. The van der Waals surface area contributed by atoms with Gasteiger partial charge in [-0.1, -0.05) is 18.2 Å². The van der Waals surface area contributed by atoms with E-state index in [9.17, 15) is 4.79 Å². The summed E-state index contributed by atoms with van der Waals surface area (Å²) in [5, 5.41) is 0.910. The predicted molar refractivity (Wildman–Crippen MR) is 97.3 cm³/mol. The molecular formula is C19H19N3O2. The number of carbonyl (C=O) groups excluding carboxylic acids is 1. The van der Waals surface area contributed by atoms with Crippen LogP contribution in [0.1, 0.15) is 23.0 Å². The number of carbonyl (C=O) groups is 1. The summed E-state index contributed by atoms with van der Waals surface area (Å²) in [6, 6.07) is 13.2. The van der Waals surface area contributed by atoms with E-state index >= 15 is 0 Å². The summed E-state index contributed by atoms with van der Waals surface area (Å²) in [6.45, 7) is 2.51. The highest BCUT2D eigenvalue weighted by molar-refractivity contribution is 6.09. The fourth-order valence-electron chi connectivity index (χ4n) is 2.71. The minimum atomic E-state index is -0.471. The molecule has 0 atom stereocenters. The maximum atomic E-state index is 11.7. The van der Waals surface area contributed by atoms with Gasteiger partial charge in [0.15, 0.2) is 0 Å². The number of anilines is 1. The van der Waals surface area contributed by atoms with Gasteiger partial charge in [0.1, 0.15) is 0 Å². The Morgan fingerprint density at radius 1 is 1.25 bits per heavy atom. The van der Waals surface area contributed by atoms with Crippen LogP contribution in [0.3, 0.4) is 0 Å². The number of fused-ring (bicyclic) bond motifs is 1. The molecule has 0 radical (unpaired) electrons. The number of amides is 1. The Hall–Kier alpha value is -3.21. The summed E-state index contributed by atoms with van der Waals surface area (Å²) in [4.78, 5) is 15.0. The molecule has 1 amide bonds. The third-order valence-corrected chi connectivity index (χ3v) is 3.79. The van der Waals surface area contributed by atoms with Crippen molar-refractivity contribution in [2.75, 3.05) is 12.3 Å². The Morgan fingerprint density at radius 3 is 2.79 bits per heavy atom. The van der Waals surface area contributed by atoms with Crippen molar-refractivity contribution >= 4 is 28.6 Å². The van der Waals surface area contributed by atoms with Crippen LogP contribution < -0.4 is 11.5 Å². The van der Waals surface area contributed by atoms with Crippen molar-refractivity contribution in [3.8, 4) is 11.1 Å². The number of aromatic nitrogens is 1. The van der Waals surface area contributed by atoms with Gasteiger partial charge in [-0.3, -0.25) is 4.79 Å². The molecule has 1 aromatic heterocycles. The van der Waals surface area contributed by atoms with Gasteiger partial charge in [-0.05, 0) is 48.4 Å². The van der Waals surface area contributed by atoms with Crippen molar-refractivity contribution in [1.82, 2.24) is 4.98 Å². The van der Waals surface area contributed by atoms with Crippen molar-refractivity contribution in [3.63, 3.8) is 0 Å². The predicted octanol–water partition coefficient (Wildman–Crippen LogP) is 3.52. The lowest BCUT2D eigenvalue weighted by Gasteiger charge is -2.07. The first-order valence-corrected chi connectivity index (χ1v) is 7.69. The van der Waals surface area contributed by atoms with E-state index in [1.165, 1.54) is 0 Å². The van der Waals surface area contributed by atoms with Crippen LogP contribution in [0, 0.1) is 0 Å². The number of aromatic amines is 1. The lowest BCUT2D eigenvalue weighted by molar-refractivity contribution is 0.100. The summed E-state index contributed by atoms with van der Waals surface area (Å²) >= 11 is 0. The van der Waals surface area contributed by atoms with Crippen LogP contribution in [0.5, 0.6) is 0 Å². The topological polar surface area (TPSA) is 94.1 Å². The first kappa shape index (κ1) is 15.7. The van der Waals surface area contributed by atoms with E-state index in [-0.39, 0.29) is 0 Å². The van der Waals surface area contributed by atoms with Gasteiger partial charge in [-0.2, -0.15) is 0 Å². The van der Waals surface area contributed by atoms with E-state index in [4.69, 9.17) is 16.2 Å². The molecule has 0 fully saturated rings. The maximum absolute atomic E-state index is 11.7. The third-order valence-electron chi connectivity index (χ3n) is 3.79. The van der Waals surface area contributed by atoms with Crippen LogP contribution in [0.2, 0.25) is 0 Å². The van der Waals surface area contributed by atoms with Gasteiger partial charge in [0.2, 0.25) is 0 Å². The zero-order valence-corrected chi connectivity index (χ0v) is 13.4. The molecule has 1 heterocycles. The van der Waals surface area contributed by atoms with Crippen molar-refractivity contribution in [2.24, 2.45) is 5.73 Å². The number of nitrogens with two attached hydrogens (primary N) is 2. The molecule has 0 saturated heterocycles. The summed E-state index contributed by atoms with van der Waals surface area (Å²) in [7, 11) is 0. The zero-order chi connectivity index (χ0) is 17.1. The van der Waals surface area contributed by atoms with Crippen molar-refractivity contribution in [1.29, 1.82) is 0 Å². The molecule has 3 aromatic rings. The molecule has 5 N–H and O–H groups in total. The smallest absolute Gasteiger partial charge is 0.250 e. The average Bonchev–Trinajstić information content (AvgIpc) is 2.97. The second-order valence-electron chi connectivity index (χ2n) is 5.42. The van der Waals surface area contributed by atoms with E-state index in [0.29, 0.717) is 23.4 Å². The van der Waals surface area contributed by atoms with Gasteiger partial charge < -0.3 is 21.2 Å². The molecule has 0 aliphatic heterocycles. The van der Waals surface area contributed by atoms with Crippen LogP contribution >= 0.6 is 0 Å². The first-order valence-electron chi connectivity index (χ1n) is 7.69. The molecule has 0 saturated carbocycles. The number of nitrogen functional groups attached to an aromatic ring is 1. The lowest BCUT2D eigenvalue weighted by atomic mass is 9.98. The Labute approximate surface area is 139 Å². The average molecular weight is 321 g/mol. The molecule has 3 rings (SSSR count). The van der Waals surface area contributed by atoms with Gasteiger partial charge in [0.05, 0.1) is 23.9 Å². The number of nitrogens with one attached hydrogen (secondary N) is 1. The van der Waals surface area contributed by atoms with Gasteiger partial charge in [-0.15, -0.1) is 0 Å². The monoisotopic (exact) mass is 321 g/mol. The van der Waals surface area contributed by atoms with Crippen LogP contribution in [-0.2, 0) is 4.74 Å². The van der Waals surface area contributed by atoms with Gasteiger partial charge >= 0.3 is 0 Å². The number of hydrogen-bond donors (Lipinski definition) is 3. The number of ether oxygens (including phenoxy) is 1. The second kappa shape index (κ2) is 6.50. The highest BCUT2D eigenvalue weighted by atomic mass is 16.5. The quantitative estimate of drug-likeness (QED) is 0.495. The van der Waals surface area contributed by atoms with Crippen molar-refractivity contribution in [2.45, 2.75) is 6.92 Å². The summed E-state index contributed by atoms with van der Waals surface area (Å²) < 4.78 is 5.23. The SMILES string of the molecule is CCOC=Cc1cc2c(-c3cccc(N)c3)ccc(C(N)=O)c2[nH]1. The normalized spacial score (nSPS) is 11.2. The maximum Gasteiger partial charge on any atom is 0.250 e. The number of H-pyrrole nitrogens is 1. The molecule has 0 bridgehead atoms. The molecule has 24 heavy (non-hydrogen) atoms. The molecule has 5 nitrogen and oxygen atoms in total. The fourth-order valence-corrected chi connectivity index (χ4v) is 2.71. The van der Waals surface area contributed by atoms with Gasteiger partial charge in [0, 0.05) is 16.8 Å². The highest BCUT2D eigenvalue weighted by Gasteiger charge is 2.14. The molecule has 0 aliphatic carbocycles. The molecular weight excluding hydrogens is 302 g/mol. The molecule has 122 valence electrons. The van der Waals surface area contributed by atoms with Crippen molar-refractivity contribution in [3.05, 3.63) is 60.0 Å². The second-order valence-corrected chi connectivity index (χ2v) is 5.42. The lowest BCUT2D eigenvalue weighted by Crippen LogP contribution is -2.11. The summed E-state index contributed by atoms with van der Waals surface area (Å²) in [5.74, 6) is -0.471. The summed E-state index contributed by atoms with van der Waals surface area (Å²) in [6.07, 6.45) is 3.44. The molecule has 2 aromatic carbocycles. The van der Waals surface area contributed by atoms with Gasteiger partial charge in [0.25, 0.3) is 5.91 Å². The number of rotatable bonds is 5. The minimum Gasteiger partial charge on any atom is -0.501 e. The first-order chi connectivity index (χ1) is 11.6. The standard InChI is InChI=1S/C19H19N3O2/c1-2-24-9-8-14-11-17-15(12-4-3-5-13(20)10-12)6-7-16(19(21)23)18(17)22-14/h3-11,22H,2,20H2,1H3,(H2,21,23). The zero-order valence-electron chi connectivity index (χ0n) is 13.4. The third kappa shape index (κ3) is 2.96. The Kier molecular flexibility index (Phi) is 4.24. The van der Waals surface area contributed by atoms with E-state index in [0.717, 1.165) is 22.2 Å². The van der Waals surface area contributed by atoms with Crippen molar-refractivity contribution < 1.29 is 9.53 Å². The minimum absolute atomic E-state index is 0.453. The molecule has 0 spiro atoms. The number of benzene rings is 2. The summed E-state index contributed by atoms with van der Waals surface area (Å²) in [5.41, 5.74) is 16.0. The van der Waals surface area contributed by atoms with E-state index in [1.54, 1.807) is 12.3 Å². The van der Waals surface area contributed by atoms with E-state index in [1.807, 2.05) is 49.4 Å². The van der Waals surface area contributed by atoms with Crippen LogP contribution in [0.4, 0.5) is 5.69 Å². The Bertz CT molecular complexity index is 926. The van der Waals surface area contributed by atoms with Crippen LogP contribution in [-0.4, -0.2) is 17.5 Å². The van der Waals surface area contributed by atoms with E-state index < -0.39 is 5.91 Å². The van der Waals surface area contributed by atoms with Gasteiger partial charge in [-0.25, -0.2) is 0 Å². The Balaban J connectivity index is 2.20. The largest absolute Gasteiger partial charge is 0.501 e. The molecule has 0 unspecified atom stereocenters. The number of hydrogen-bond acceptors (Lipinski definition) is 3. The fraction of sp³-hybridized carbons (Fsp3) is 0.105. The number of primary amides is 1. The van der Waals surface area contributed by atoms with Crippen LogP contribution in [0.25, 0.3) is 28.1 Å².